The third-order valence-corrected chi connectivity index (χ3v) is 5.97. The van der Waals surface area contributed by atoms with Gasteiger partial charge in [-0.2, -0.15) is 0 Å². The highest BCUT2D eigenvalue weighted by molar-refractivity contribution is 7.89. The molecule has 0 aliphatic carbocycles. The minimum absolute atomic E-state index is 0.193. The Kier molecular flexibility index (Phi) is 5.40. The highest BCUT2D eigenvalue weighted by Gasteiger charge is 2.26. The number of piperidine rings is 1. The first-order valence-electron chi connectivity index (χ1n) is 7.66. The SMILES string of the molecule is CCS(=O)(=O)N1CCC(NCc2cncn2C(C)C)CC1. The van der Waals surface area contributed by atoms with E-state index in [-0.39, 0.29) is 5.75 Å². The molecule has 0 spiro atoms. The van der Waals surface area contributed by atoms with Gasteiger partial charge in [0.15, 0.2) is 0 Å². The van der Waals surface area contributed by atoms with E-state index in [0.717, 1.165) is 19.4 Å². The van der Waals surface area contributed by atoms with Gasteiger partial charge in [0.05, 0.1) is 17.8 Å². The molecule has 2 rings (SSSR count). The smallest absolute Gasteiger partial charge is 0.213 e. The van der Waals surface area contributed by atoms with Gasteiger partial charge in [0, 0.05) is 37.9 Å². The van der Waals surface area contributed by atoms with E-state index in [1.54, 1.807) is 11.2 Å². The van der Waals surface area contributed by atoms with Crippen molar-refractivity contribution in [1.82, 2.24) is 19.2 Å². The molecule has 1 N–H and O–H groups in total. The third kappa shape index (κ3) is 4.05. The molecule has 1 fully saturated rings. The predicted octanol–water partition coefficient (Wildman–Crippen LogP) is 1.37. The van der Waals surface area contributed by atoms with Crippen molar-refractivity contribution in [1.29, 1.82) is 0 Å². The molecule has 0 radical (unpaired) electrons. The summed E-state index contributed by atoms with van der Waals surface area (Å²) in [5.74, 6) is 0.193. The second-order valence-corrected chi connectivity index (χ2v) is 8.10. The Bertz CT molecular complexity index is 545. The van der Waals surface area contributed by atoms with Gasteiger partial charge in [-0.15, -0.1) is 0 Å². The highest BCUT2D eigenvalue weighted by atomic mass is 32.2. The van der Waals surface area contributed by atoms with E-state index in [1.807, 2.05) is 12.5 Å². The van der Waals surface area contributed by atoms with Gasteiger partial charge >= 0.3 is 0 Å². The summed E-state index contributed by atoms with van der Waals surface area (Å²) in [6.07, 6.45) is 5.49. The fourth-order valence-corrected chi connectivity index (χ4v) is 3.84. The van der Waals surface area contributed by atoms with Gasteiger partial charge < -0.3 is 9.88 Å². The van der Waals surface area contributed by atoms with Crippen LogP contribution in [0.5, 0.6) is 0 Å². The quantitative estimate of drug-likeness (QED) is 0.861. The third-order valence-electron chi connectivity index (χ3n) is 4.09. The average molecular weight is 314 g/mol. The molecular weight excluding hydrogens is 288 g/mol. The molecule has 0 atom stereocenters. The second kappa shape index (κ2) is 6.89. The van der Waals surface area contributed by atoms with Gasteiger partial charge in [-0.05, 0) is 33.6 Å². The van der Waals surface area contributed by atoms with Gasteiger partial charge in [0.1, 0.15) is 0 Å². The van der Waals surface area contributed by atoms with E-state index >= 15 is 0 Å². The lowest BCUT2D eigenvalue weighted by Crippen LogP contribution is -2.45. The molecule has 2 heterocycles. The summed E-state index contributed by atoms with van der Waals surface area (Å²) in [5.41, 5.74) is 1.17. The number of hydrogen-bond donors (Lipinski definition) is 1. The van der Waals surface area contributed by atoms with Crippen molar-refractivity contribution in [3.63, 3.8) is 0 Å². The van der Waals surface area contributed by atoms with E-state index in [9.17, 15) is 8.42 Å². The van der Waals surface area contributed by atoms with Crippen molar-refractivity contribution in [3.05, 3.63) is 18.2 Å². The second-order valence-electron chi connectivity index (χ2n) is 5.84. The number of nitrogens with one attached hydrogen (secondary N) is 1. The summed E-state index contributed by atoms with van der Waals surface area (Å²) in [4.78, 5) is 4.20. The van der Waals surface area contributed by atoms with Crippen LogP contribution in [0.1, 0.15) is 45.3 Å². The fourth-order valence-electron chi connectivity index (χ4n) is 2.70. The van der Waals surface area contributed by atoms with Crippen molar-refractivity contribution < 1.29 is 8.42 Å². The maximum absolute atomic E-state index is 11.8. The summed E-state index contributed by atoms with van der Waals surface area (Å²) < 4.78 is 27.4. The van der Waals surface area contributed by atoms with Crippen LogP contribution in [0.25, 0.3) is 0 Å². The van der Waals surface area contributed by atoms with E-state index in [1.165, 1.54) is 5.69 Å². The average Bonchev–Trinajstić information content (AvgIpc) is 2.94. The molecule has 1 saturated heterocycles. The fraction of sp³-hybridized carbons (Fsp3) is 0.786. The summed E-state index contributed by atoms with van der Waals surface area (Å²) in [6.45, 7) is 8.00. The lowest BCUT2D eigenvalue weighted by molar-refractivity contribution is 0.287. The van der Waals surface area contributed by atoms with Crippen molar-refractivity contribution in [2.75, 3.05) is 18.8 Å². The minimum Gasteiger partial charge on any atom is -0.331 e. The molecule has 0 bridgehead atoms. The molecule has 0 aromatic carbocycles. The van der Waals surface area contributed by atoms with Gasteiger partial charge in [0.25, 0.3) is 0 Å². The Morgan fingerprint density at radius 3 is 2.62 bits per heavy atom. The number of sulfonamides is 1. The summed E-state index contributed by atoms with van der Waals surface area (Å²) >= 11 is 0. The van der Waals surface area contributed by atoms with Crippen molar-refractivity contribution in [2.45, 2.75) is 52.2 Å². The van der Waals surface area contributed by atoms with E-state index < -0.39 is 10.0 Å². The first-order valence-corrected chi connectivity index (χ1v) is 9.27. The van der Waals surface area contributed by atoms with Crippen LogP contribution < -0.4 is 5.32 Å². The van der Waals surface area contributed by atoms with Crippen LogP contribution in [0.2, 0.25) is 0 Å². The maximum atomic E-state index is 11.8. The molecule has 1 aromatic heterocycles. The highest BCUT2D eigenvalue weighted by Crippen LogP contribution is 2.15. The first-order chi connectivity index (χ1) is 9.94. The normalized spacial score (nSPS) is 18.5. The maximum Gasteiger partial charge on any atom is 0.213 e. The number of imidazole rings is 1. The van der Waals surface area contributed by atoms with Crippen LogP contribution in [0.4, 0.5) is 0 Å². The number of aromatic nitrogens is 2. The van der Waals surface area contributed by atoms with Crippen LogP contribution in [0.3, 0.4) is 0 Å². The number of hydrogen-bond acceptors (Lipinski definition) is 4. The van der Waals surface area contributed by atoms with Crippen LogP contribution in [0.15, 0.2) is 12.5 Å². The molecule has 21 heavy (non-hydrogen) atoms. The van der Waals surface area contributed by atoms with Crippen LogP contribution in [-0.4, -0.2) is 47.2 Å². The molecule has 0 amide bonds. The first kappa shape index (κ1) is 16.5. The molecule has 1 aliphatic rings. The Labute approximate surface area is 127 Å². The minimum atomic E-state index is -3.03. The predicted molar refractivity (Wildman–Crippen MR) is 83.5 cm³/mol. The lowest BCUT2D eigenvalue weighted by Gasteiger charge is -2.31. The van der Waals surface area contributed by atoms with Crippen molar-refractivity contribution in [2.24, 2.45) is 0 Å². The molecule has 0 saturated carbocycles. The summed E-state index contributed by atoms with van der Waals surface area (Å²) in [5, 5.41) is 3.53. The van der Waals surface area contributed by atoms with Crippen LogP contribution in [-0.2, 0) is 16.6 Å². The van der Waals surface area contributed by atoms with Crippen LogP contribution in [0, 0.1) is 0 Å². The van der Waals surface area contributed by atoms with Crippen molar-refractivity contribution in [3.8, 4) is 0 Å². The molecule has 1 aromatic rings. The van der Waals surface area contributed by atoms with Crippen LogP contribution >= 0.6 is 0 Å². The monoisotopic (exact) mass is 314 g/mol. The summed E-state index contributed by atoms with van der Waals surface area (Å²) in [6, 6.07) is 0.782. The number of rotatable bonds is 6. The zero-order chi connectivity index (χ0) is 15.5. The van der Waals surface area contributed by atoms with Crippen molar-refractivity contribution >= 4 is 10.0 Å². The van der Waals surface area contributed by atoms with Gasteiger partial charge in [0.2, 0.25) is 10.0 Å². The molecule has 0 unspecified atom stereocenters. The Morgan fingerprint density at radius 1 is 1.38 bits per heavy atom. The molecule has 1 aliphatic heterocycles. The Morgan fingerprint density at radius 2 is 2.05 bits per heavy atom. The summed E-state index contributed by atoms with van der Waals surface area (Å²) in [7, 11) is -3.03. The zero-order valence-electron chi connectivity index (χ0n) is 13.1. The number of nitrogens with zero attached hydrogens (tertiary/aromatic N) is 3. The van der Waals surface area contributed by atoms with Gasteiger partial charge in [-0.3, -0.25) is 0 Å². The molecular formula is C14H26N4O2S. The van der Waals surface area contributed by atoms with E-state index in [0.29, 0.717) is 25.2 Å². The molecule has 120 valence electrons. The van der Waals surface area contributed by atoms with Gasteiger partial charge in [-0.1, -0.05) is 0 Å². The standard InChI is InChI=1S/C14H26N4O2S/c1-4-21(19,20)17-7-5-13(6-8-17)16-10-14-9-15-11-18(14)12(2)3/h9,11-13,16H,4-8,10H2,1-3H3. The Balaban J connectivity index is 1.83. The lowest BCUT2D eigenvalue weighted by atomic mass is 10.1. The largest absolute Gasteiger partial charge is 0.331 e. The topological polar surface area (TPSA) is 67.2 Å². The van der Waals surface area contributed by atoms with Gasteiger partial charge in [-0.25, -0.2) is 17.7 Å². The Hall–Kier alpha value is -0.920. The van der Waals surface area contributed by atoms with E-state index in [4.69, 9.17) is 0 Å². The zero-order valence-corrected chi connectivity index (χ0v) is 13.9. The molecule has 7 heteroatoms. The molecule has 6 nitrogen and oxygen atoms in total. The van der Waals surface area contributed by atoms with E-state index in [2.05, 4.69) is 28.7 Å².